The molecule has 126 valence electrons. The van der Waals surface area contributed by atoms with Crippen LogP contribution in [0.15, 0.2) is 28.3 Å². The summed E-state index contributed by atoms with van der Waals surface area (Å²) in [6, 6.07) is 3.59. The Hall–Kier alpha value is -1.12. The fourth-order valence-electron chi connectivity index (χ4n) is 2.45. The molecular formula is C15H21N3O3S2. The average Bonchev–Trinajstić information content (AvgIpc) is 3.16. The lowest BCUT2D eigenvalue weighted by Gasteiger charge is -2.15. The summed E-state index contributed by atoms with van der Waals surface area (Å²) in [7, 11) is -3.43. The summed E-state index contributed by atoms with van der Waals surface area (Å²) in [5.74, 6) is 0.00747. The Morgan fingerprint density at radius 3 is 2.61 bits per heavy atom. The van der Waals surface area contributed by atoms with E-state index in [4.69, 9.17) is 0 Å². The molecule has 0 aromatic carbocycles. The highest BCUT2D eigenvalue weighted by Gasteiger charge is 2.28. The van der Waals surface area contributed by atoms with E-state index in [2.05, 4.69) is 10.3 Å². The third kappa shape index (κ3) is 4.05. The maximum Gasteiger partial charge on any atom is 0.244 e. The van der Waals surface area contributed by atoms with Crippen molar-refractivity contribution in [2.45, 2.75) is 53.8 Å². The maximum absolute atomic E-state index is 12.4. The maximum atomic E-state index is 12.4. The van der Waals surface area contributed by atoms with Crippen molar-refractivity contribution < 1.29 is 13.2 Å². The monoisotopic (exact) mass is 355 g/mol. The zero-order valence-electron chi connectivity index (χ0n) is 13.1. The van der Waals surface area contributed by atoms with Crippen LogP contribution in [0, 0.1) is 0 Å². The van der Waals surface area contributed by atoms with Gasteiger partial charge in [0.2, 0.25) is 15.9 Å². The van der Waals surface area contributed by atoms with Gasteiger partial charge in [-0.15, -0.1) is 0 Å². The molecule has 0 spiro atoms. The van der Waals surface area contributed by atoms with E-state index in [0.717, 1.165) is 25.7 Å². The number of amides is 1. The minimum absolute atomic E-state index is 0.00747. The minimum Gasteiger partial charge on any atom is -0.352 e. The molecule has 0 bridgehead atoms. The molecule has 23 heavy (non-hydrogen) atoms. The highest BCUT2D eigenvalue weighted by atomic mass is 32.2. The van der Waals surface area contributed by atoms with Gasteiger partial charge in [0.15, 0.2) is 0 Å². The fraction of sp³-hybridized carbons (Fsp3) is 0.600. The normalized spacial score (nSPS) is 20.4. The average molecular weight is 355 g/mol. The van der Waals surface area contributed by atoms with E-state index < -0.39 is 10.0 Å². The number of nitrogens with one attached hydrogen (secondary N) is 1. The predicted molar refractivity (Wildman–Crippen MR) is 88.7 cm³/mol. The number of pyridine rings is 1. The van der Waals surface area contributed by atoms with Gasteiger partial charge in [-0.1, -0.05) is 11.8 Å². The largest absolute Gasteiger partial charge is 0.352 e. The molecule has 1 saturated heterocycles. The van der Waals surface area contributed by atoms with Crippen molar-refractivity contribution in [3.8, 4) is 0 Å². The molecule has 1 aromatic heterocycles. The molecule has 2 aliphatic rings. The number of thioether (sulfide) groups is 1. The number of carbonyl (C=O) groups is 1. The highest BCUT2D eigenvalue weighted by molar-refractivity contribution is 8.00. The van der Waals surface area contributed by atoms with Crippen LogP contribution in [0.4, 0.5) is 0 Å². The van der Waals surface area contributed by atoms with Gasteiger partial charge in [-0.3, -0.25) is 4.79 Å². The topological polar surface area (TPSA) is 79.4 Å². The number of nitrogens with zero attached hydrogens (tertiary/aromatic N) is 2. The molecule has 3 rings (SSSR count). The van der Waals surface area contributed by atoms with Gasteiger partial charge in [-0.05, 0) is 44.7 Å². The number of hydrogen-bond donors (Lipinski definition) is 1. The molecule has 2 heterocycles. The number of aromatic nitrogens is 1. The van der Waals surface area contributed by atoms with Crippen LogP contribution in [0.1, 0.15) is 32.6 Å². The Morgan fingerprint density at radius 2 is 2.04 bits per heavy atom. The lowest BCUT2D eigenvalue weighted by molar-refractivity contribution is -0.120. The second kappa shape index (κ2) is 6.78. The van der Waals surface area contributed by atoms with Crippen LogP contribution in [0.2, 0.25) is 0 Å². The molecule has 6 nitrogen and oxygen atoms in total. The van der Waals surface area contributed by atoms with Crippen LogP contribution in [0.5, 0.6) is 0 Å². The summed E-state index contributed by atoms with van der Waals surface area (Å²) in [5, 5.41) is 3.37. The van der Waals surface area contributed by atoms with Gasteiger partial charge in [0.05, 0.1) is 10.3 Å². The molecule has 1 aromatic rings. The van der Waals surface area contributed by atoms with E-state index in [1.165, 1.54) is 22.3 Å². The Morgan fingerprint density at radius 1 is 1.35 bits per heavy atom. The molecule has 1 aliphatic heterocycles. The Labute approximate surface area is 141 Å². The van der Waals surface area contributed by atoms with Crippen molar-refractivity contribution in [3.05, 3.63) is 18.3 Å². The molecule has 8 heteroatoms. The first kappa shape index (κ1) is 16.7. The van der Waals surface area contributed by atoms with Gasteiger partial charge in [0.1, 0.15) is 4.90 Å². The molecule has 0 radical (unpaired) electrons. The van der Waals surface area contributed by atoms with E-state index in [-0.39, 0.29) is 16.1 Å². The van der Waals surface area contributed by atoms with Crippen molar-refractivity contribution in [1.29, 1.82) is 0 Å². The van der Waals surface area contributed by atoms with Crippen LogP contribution in [0.3, 0.4) is 0 Å². The van der Waals surface area contributed by atoms with Crippen molar-refractivity contribution in [2.24, 2.45) is 0 Å². The Balaban J connectivity index is 1.63. The molecule has 1 saturated carbocycles. The number of rotatable bonds is 6. The standard InChI is InChI=1S/C15H21N3O3S2/c1-11(15(19)17-12-4-5-12)22-14-7-6-13(10-16-14)23(20,21)18-8-2-3-9-18/h6-7,10-12H,2-5,8-9H2,1H3,(H,17,19)/t11-/m1/s1. The first-order valence-electron chi connectivity index (χ1n) is 7.90. The summed E-state index contributed by atoms with van der Waals surface area (Å²) >= 11 is 1.34. The summed E-state index contributed by atoms with van der Waals surface area (Å²) in [5.41, 5.74) is 0. The minimum atomic E-state index is -3.43. The summed E-state index contributed by atoms with van der Waals surface area (Å²) in [6.45, 7) is 2.99. The van der Waals surface area contributed by atoms with Crippen molar-refractivity contribution in [1.82, 2.24) is 14.6 Å². The zero-order valence-corrected chi connectivity index (χ0v) is 14.7. The first-order chi connectivity index (χ1) is 11.0. The number of sulfonamides is 1. The molecule has 1 amide bonds. The second-order valence-electron chi connectivity index (χ2n) is 5.99. The summed E-state index contributed by atoms with van der Waals surface area (Å²) in [6.07, 6.45) is 5.33. The number of hydrogen-bond acceptors (Lipinski definition) is 5. The van der Waals surface area contributed by atoms with Gasteiger partial charge in [-0.2, -0.15) is 4.31 Å². The molecule has 1 atom stereocenters. The third-order valence-electron chi connectivity index (χ3n) is 4.00. The molecule has 0 unspecified atom stereocenters. The van der Waals surface area contributed by atoms with Gasteiger partial charge in [-0.25, -0.2) is 13.4 Å². The Kier molecular flexibility index (Phi) is 4.93. The van der Waals surface area contributed by atoms with Crippen molar-refractivity contribution in [2.75, 3.05) is 13.1 Å². The second-order valence-corrected chi connectivity index (χ2v) is 9.29. The van der Waals surface area contributed by atoms with Crippen LogP contribution >= 0.6 is 11.8 Å². The van der Waals surface area contributed by atoms with Crippen molar-refractivity contribution in [3.63, 3.8) is 0 Å². The van der Waals surface area contributed by atoms with Crippen LogP contribution in [-0.4, -0.2) is 48.0 Å². The van der Waals surface area contributed by atoms with E-state index in [1.54, 1.807) is 12.1 Å². The molecule has 2 fully saturated rings. The van der Waals surface area contributed by atoms with E-state index in [1.807, 2.05) is 6.92 Å². The molecule has 1 N–H and O–H groups in total. The quantitative estimate of drug-likeness (QED) is 0.785. The fourth-order valence-corrected chi connectivity index (χ4v) is 4.71. The smallest absolute Gasteiger partial charge is 0.244 e. The van der Waals surface area contributed by atoms with E-state index >= 15 is 0 Å². The molecular weight excluding hydrogens is 334 g/mol. The molecule has 1 aliphatic carbocycles. The number of carbonyl (C=O) groups excluding carboxylic acids is 1. The summed E-state index contributed by atoms with van der Waals surface area (Å²) in [4.78, 5) is 16.4. The van der Waals surface area contributed by atoms with E-state index in [0.29, 0.717) is 24.2 Å². The van der Waals surface area contributed by atoms with Crippen LogP contribution in [-0.2, 0) is 14.8 Å². The lowest BCUT2D eigenvalue weighted by atomic mass is 10.4. The van der Waals surface area contributed by atoms with Gasteiger partial charge in [0, 0.05) is 25.3 Å². The Bertz CT molecular complexity index is 666. The van der Waals surface area contributed by atoms with Crippen LogP contribution in [0.25, 0.3) is 0 Å². The van der Waals surface area contributed by atoms with Gasteiger partial charge in [0.25, 0.3) is 0 Å². The SMILES string of the molecule is C[C@@H](Sc1ccc(S(=O)(=O)N2CCCC2)cn1)C(=O)NC1CC1. The van der Waals surface area contributed by atoms with Crippen molar-refractivity contribution >= 4 is 27.7 Å². The third-order valence-corrected chi connectivity index (χ3v) is 6.94. The van der Waals surface area contributed by atoms with E-state index in [9.17, 15) is 13.2 Å². The first-order valence-corrected chi connectivity index (χ1v) is 10.2. The lowest BCUT2D eigenvalue weighted by Crippen LogP contribution is -2.32. The predicted octanol–water partition coefficient (Wildman–Crippen LogP) is 1.63. The summed E-state index contributed by atoms with van der Waals surface area (Å²) < 4.78 is 26.3. The van der Waals surface area contributed by atoms with Gasteiger partial charge >= 0.3 is 0 Å². The van der Waals surface area contributed by atoms with Crippen LogP contribution < -0.4 is 5.32 Å². The zero-order chi connectivity index (χ0) is 16.4. The van der Waals surface area contributed by atoms with Gasteiger partial charge < -0.3 is 5.32 Å². The highest BCUT2D eigenvalue weighted by Crippen LogP contribution is 2.26.